The van der Waals surface area contributed by atoms with Gasteiger partial charge in [0.25, 0.3) is 5.91 Å². The molecule has 0 saturated carbocycles. The van der Waals surface area contributed by atoms with Crippen LogP contribution >= 0.6 is 46.4 Å². The topological polar surface area (TPSA) is 46.2 Å². The van der Waals surface area contributed by atoms with Crippen LogP contribution in [0, 0.1) is 6.92 Å². The fourth-order valence-corrected chi connectivity index (χ4v) is 2.63. The highest BCUT2D eigenvalue weighted by Gasteiger charge is 2.36. The molecular weight excluding hydrogens is 356 g/mol. The summed E-state index contributed by atoms with van der Waals surface area (Å²) in [7, 11) is 0. The third kappa shape index (κ3) is 4.26. The molecule has 0 aromatic heterocycles. The lowest BCUT2D eigenvalue weighted by Gasteiger charge is -2.28. The zero-order valence-corrected chi connectivity index (χ0v) is 14.8. The van der Waals surface area contributed by atoms with Gasteiger partial charge in [-0.05, 0) is 38.0 Å². The van der Waals surface area contributed by atoms with E-state index in [1.807, 2.05) is 0 Å². The summed E-state index contributed by atoms with van der Waals surface area (Å²) in [4.78, 5) is 23.1. The molecule has 1 aromatic carbocycles. The van der Waals surface area contributed by atoms with Crippen molar-refractivity contribution in [3.63, 3.8) is 0 Å². The molecule has 0 radical (unpaired) electrons. The van der Waals surface area contributed by atoms with E-state index in [2.05, 4.69) is 5.32 Å². The lowest BCUT2D eigenvalue weighted by molar-refractivity contribution is -0.123. The minimum Gasteiger partial charge on any atom is -0.340 e. The fraction of sp³-hybridized carbons (Fsp3) is 0.429. The predicted octanol–water partition coefficient (Wildman–Crippen LogP) is 4.57. The van der Waals surface area contributed by atoms with Gasteiger partial charge < -0.3 is 5.32 Å². The van der Waals surface area contributed by atoms with E-state index in [1.54, 1.807) is 20.8 Å². The average molecular weight is 371 g/mol. The summed E-state index contributed by atoms with van der Waals surface area (Å²) in [6, 6.07) is 3.00. The van der Waals surface area contributed by atoms with Gasteiger partial charge in [-0.15, -0.1) is 0 Å². The molecule has 3 nitrogen and oxygen atoms in total. The van der Waals surface area contributed by atoms with Crippen LogP contribution in [0.25, 0.3) is 0 Å². The average Bonchev–Trinajstić information content (AvgIpc) is 2.42. The highest BCUT2D eigenvalue weighted by Crippen LogP contribution is 2.26. The second kappa shape index (κ2) is 7.19. The number of halogens is 4. The van der Waals surface area contributed by atoms with Gasteiger partial charge in [-0.3, -0.25) is 9.59 Å². The van der Waals surface area contributed by atoms with E-state index < -0.39 is 22.1 Å². The maximum atomic E-state index is 12.3. The van der Waals surface area contributed by atoms with Crippen molar-refractivity contribution in [1.29, 1.82) is 0 Å². The number of rotatable bonds is 5. The number of benzene rings is 1. The SMILES string of the molecule is CCC(C)(NC(=O)c1cc(Cl)c(C)c(Cl)c1)C(=O)C(Cl)Cl. The largest absolute Gasteiger partial charge is 0.340 e. The Kier molecular flexibility index (Phi) is 6.36. The van der Waals surface area contributed by atoms with Crippen LogP contribution in [0.2, 0.25) is 10.0 Å². The number of carbonyl (C=O) groups is 2. The number of nitrogens with one attached hydrogen (secondary N) is 1. The van der Waals surface area contributed by atoms with Gasteiger partial charge in [0.1, 0.15) is 0 Å². The molecule has 0 aliphatic carbocycles. The Hall–Kier alpha value is -0.480. The zero-order valence-electron chi connectivity index (χ0n) is 11.8. The first-order valence-corrected chi connectivity index (χ1v) is 7.86. The molecule has 21 heavy (non-hydrogen) atoms. The third-order valence-corrected chi connectivity index (χ3v) is 4.56. The molecule has 0 aliphatic rings. The summed E-state index contributed by atoms with van der Waals surface area (Å²) in [6.45, 7) is 5.07. The Balaban J connectivity index is 3.07. The Morgan fingerprint density at radius 3 is 2.10 bits per heavy atom. The van der Waals surface area contributed by atoms with E-state index >= 15 is 0 Å². The molecule has 1 unspecified atom stereocenters. The van der Waals surface area contributed by atoms with Crippen LogP contribution in [0.3, 0.4) is 0 Å². The monoisotopic (exact) mass is 369 g/mol. The van der Waals surface area contributed by atoms with Crippen molar-refractivity contribution in [3.8, 4) is 0 Å². The number of hydrogen-bond acceptors (Lipinski definition) is 2. The number of carbonyl (C=O) groups excluding carboxylic acids is 2. The standard InChI is InChI=1S/C14H15Cl4NO2/c1-4-14(3,11(20)12(17)18)19-13(21)8-5-9(15)7(2)10(16)6-8/h5-6,12H,4H2,1-3H3,(H,19,21). The van der Waals surface area contributed by atoms with E-state index in [9.17, 15) is 9.59 Å². The molecule has 0 spiro atoms. The summed E-state index contributed by atoms with van der Waals surface area (Å²) in [5, 5.41) is 3.40. The molecule has 1 atom stereocenters. The van der Waals surface area contributed by atoms with Crippen molar-refractivity contribution in [2.45, 2.75) is 37.6 Å². The summed E-state index contributed by atoms with van der Waals surface area (Å²) in [6.07, 6.45) is 0.348. The Morgan fingerprint density at radius 2 is 1.71 bits per heavy atom. The maximum Gasteiger partial charge on any atom is 0.252 e. The smallest absolute Gasteiger partial charge is 0.252 e. The molecule has 0 saturated heterocycles. The number of hydrogen-bond donors (Lipinski definition) is 1. The summed E-state index contributed by atoms with van der Waals surface area (Å²) >= 11 is 23.2. The Labute approximate surface area is 143 Å². The van der Waals surface area contributed by atoms with Crippen LogP contribution < -0.4 is 5.32 Å². The molecule has 0 aliphatic heterocycles. The molecule has 1 amide bonds. The van der Waals surface area contributed by atoms with Crippen LogP contribution in [0.1, 0.15) is 36.2 Å². The predicted molar refractivity (Wildman–Crippen MR) is 87.9 cm³/mol. The van der Waals surface area contributed by atoms with E-state index in [-0.39, 0.29) is 5.56 Å². The van der Waals surface area contributed by atoms with Crippen molar-refractivity contribution in [1.82, 2.24) is 5.32 Å². The number of alkyl halides is 2. The lowest BCUT2D eigenvalue weighted by atomic mass is 9.93. The molecule has 116 valence electrons. The van der Waals surface area contributed by atoms with Crippen LogP contribution in [-0.4, -0.2) is 22.1 Å². The van der Waals surface area contributed by atoms with Crippen molar-refractivity contribution in [2.24, 2.45) is 0 Å². The molecule has 1 N–H and O–H groups in total. The molecular formula is C14H15Cl4NO2. The second-order valence-electron chi connectivity index (χ2n) is 4.87. The summed E-state index contributed by atoms with van der Waals surface area (Å²) in [5.74, 6) is -0.934. The first kappa shape index (κ1) is 18.6. The lowest BCUT2D eigenvalue weighted by Crippen LogP contribution is -2.53. The van der Waals surface area contributed by atoms with Crippen LogP contribution in [-0.2, 0) is 4.79 Å². The van der Waals surface area contributed by atoms with Gasteiger partial charge in [-0.1, -0.05) is 53.3 Å². The van der Waals surface area contributed by atoms with Gasteiger partial charge in [0.15, 0.2) is 10.6 Å². The summed E-state index contributed by atoms with van der Waals surface area (Å²) in [5.41, 5.74) is -0.204. The Morgan fingerprint density at radius 1 is 1.24 bits per heavy atom. The highest BCUT2D eigenvalue weighted by atomic mass is 35.5. The summed E-state index contributed by atoms with van der Waals surface area (Å²) < 4.78 is 0. The van der Waals surface area contributed by atoms with Crippen molar-refractivity contribution < 1.29 is 9.59 Å². The molecule has 0 fully saturated rings. The molecule has 7 heteroatoms. The fourth-order valence-electron chi connectivity index (χ4n) is 1.66. The molecule has 1 rings (SSSR count). The van der Waals surface area contributed by atoms with Crippen LogP contribution in [0.5, 0.6) is 0 Å². The molecule has 0 bridgehead atoms. The zero-order chi connectivity index (χ0) is 16.4. The minimum absolute atomic E-state index is 0.267. The van der Waals surface area contributed by atoms with Crippen LogP contribution in [0.15, 0.2) is 12.1 Å². The van der Waals surface area contributed by atoms with Gasteiger partial charge >= 0.3 is 0 Å². The minimum atomic E-state index is -1.21. The van der Waals surface area contributed by atoms with E-state index in [1.165, 1.54) is 12.1 Å². The molecule has 1 aromatic rings. The Bertz CT molecular complexity index is 551. The van der Waals surface area contributed by atoms with E-state index in [0.717, 1.165) is 0 Å². The van der Waals surface area contributed by atoms with Gasteiger partial charge in [0, 0.05) is 15.6 Å². The first-order valence-electron chi connectivity index (χ1n) is 6.23. The number of amides is 1. The van der Waals surface area contributed by atoms with Crippen LogP contribution in [0.4, 0.5) is 0 Å². The molecule has 0 heterocycles. The van der Waals surface area contributed by atoms with Gasteiger partial charge in [0.2, 0.25) is 0 Å². The van der Waals surface area contributed by atoms with Crippen molar-refractivity contribution in [2.75, 3.05) is 0 Å². The van der Waals surface area contributed by atoms with Gasteiger partial charge in [0.05, 0.1) is 5.54 Å². The first-order chi connectivity index (χ1) is 9.62. The number of ketones is 1. The highest BCUT2D eigenvalue weighted by molar-refractivity contribution is 6.54. The van der Waals surface area contributed by atoms with E-state index in [4.69, 9.17) is 46.4 Å². The maximum absolute atomic E-state index is 12.3. The normalized spacial score (nSPS) is 13.9. The quantitative estimate of drug-likeness (QED) is 0.771. The third-order valence-electron chi connectivity index (χ3n) is 3.38. The second-order valence-corrected chi connectivity index (χ2v) is 6.78. The van der Waals surface area contributed by atoms with Crippen molar-refractivity contribution in [3.05, 3.63) is 33.3 Å². The number of Topliss-reactive ketones (excluding diaryl/α,β-unsaturated/α-hetero) is 1. The van der Waals surface area contributed by atoms with Gasteiger partial charge in [-0.2, -0.15) is 0 Å². The van der Waals surface area contributed by atoms with Gasteiger partial charge in [-0.25, -0.2) is 0 Å². The van der Waals surface area contributed by atoms with E-state index in [0.29, 0.717) is 22.0 Å². The van der Waals surface area contributed by atoms with Crippen molar-refractivity contribution >= 4 is 58.1 Å².